The smallest absolute Gasteiger partial charge is 0.304 e. The van der Waals surface area contributed by atoms with Gasteiger partial charge in [0.15, 0.2) is 0 Å². The van der Waals surface area contributed by atoms with Crippen molar-refractivity contribution in [1.82, 2.24) is 0 Å². The number of hydrogen-bond acceptors (Lipinski definition) is 3. The molecule has 94 valence electrons. The quantitative estimate of drug-likeness (QED) is 0.793. The first kappa shape index (κ1) is 13.5. The molecule has 1 aromatic carbocycles. The van der Waals surface area contributed by atoms with Gasteiger partial charge in [-0.15, -0.1) is 0 Å². The van der Waals surface area contributed by atoms with E-state index < -0.39 is 5.97 Å². The molecule has 3 N–H and O–H groups in total. The Morgan fingerprint density at radius 3 is 2.35 bits per heavy atom. The van der Waals surface area contributed by atoms with E-state index in [1.165, 1.54) is 0 Å². The summed E-state index contributed by atoms with van der Waals surface area (Å²) in [7, 11) is 0. The highest BCUT2D eigenvalue weighted by atomic mass is 16.5. The van der Waals surface area contributed by atoms with Gasteiger partial charge >= 0.3 is 5.97 Å². The van der Waals surface area contributed by atoms with Crippen LogP contribution in [-0.4, -0.2) is 23.7 Å². The SMILES string of the molecule is CC(C)Oc1ccc([C@H](CN)CC(=O)O)cc1. The minimum atomic E-state index is -0.831. The van der Waals surface area contributed by atoms with Crippen molar-refractivity contribution < 1.29 is 14.6 Å². The van der Waals surface area contributed by atoms with E-state index in [9.17, 15) is 4.79 Å². The number of aliphatic carboxylic acids is 1. The van der Waals surface area contributed by atoms with Crippen LogP contribution < -0.4 is 10.5 Å². The van der Waals surface area contributed by atoms with Gasteiger partial charge in [0.25, 0.3) is 0 Å². The highest BCUT2D eigenvalue weighted by Gasteiger charge is 2.13. The van der Waals surface area contributed by atoms with Crippen LogP contribution in [0.4, 0.5) is 0 Å². The van der Waals surface area contributed by atoms with Gasteiger partial charge in [-0.3, -0.25) is 4.79 Å². The van der Waals surface area contributed by atoms with Crippen molar-refractivity contribution in [1.29, 1.82) is 0 Å². The largest absolute Gasteiger partial charge is 0.491 e. The predicted octanol–water partition coefficient (Wildman–Crippen LogP) is 1.99. The van der Waals surface area contributed by atoms with Gasteiger partial charge in [-0.1, -0.05) is 12.1 Å². The van der Waals surface area contributed by atoms with Crippen LogP contribution in [0.2, 0.25) is 0 Å². The van der Waals surface area contributed by atoms with E-state index in [0.717, 1.165) is 11.3 Å². The molecule has 1 rings (SSSR count). The van der Waals surface area contributed by atoms with E-state index in [-0.39, 0.29) is 18.4 Å². The van der Waals surface area contributed by atoms with Gasteiger partial charge in [0.2, 0.25) is 0 Å². The summed E-state index contributed by atoms with van der Waals surface area (Å²) in [6.07, 6.45) is 0.186. The van der Waals surface area contributed by atoms with Crippen LogP contribution in [0.15, 0.2) is 24.3 Å². The van der Waals surface area contributed by atoms with Crippen LogP contribution in [0.3, 0.4) is 0 Å². The molecule has 0 spiro atoms. The molecule has 0 amide bonds. The van der Waals surface area contributed by atoms with Crippen molar-refractivity contribution in [3.05, 3.63) is 29.8 Å². The van der Waals surface area contributed by atoms with E-state index in [1.54, 1.807) is 0 Å². The molecule has 0 bridgehead atoms. The summed E-state index contributed by atoms with van der Waals surface area (Å²) in [6.45, 7) is 4.25. The van der Waals surface area contributed by atoms with Gasteiger partial charge in [0.1, 0.15) is 5.75 Å². The summed E-state index contributed by atoms with van der Waals surface area (Å²) < 4.78 is 5.52. The summed E-state index contributed by atoms with van der Waals surface area (Å²) in [5.74, 6) is -0.182. The standard InChI is InChI=1S/C13H19NO3/c1-9(2)17-12-5-3-10(4-6-12)11(8-14)7-13(15)16/h3-6,9,11H,7-8,14H2,1-2H3,(H,15,16)/t11-/m0/s1. The molecule has 17 heavy (non-hydrogen) atoms. The van der Waals surface area contributed by atoms with Crippen LogP contribution in [0.25, 0.3) is 0 Å². The van der Waals surface area contributed by atoms with Crippen molar-refractivity contribution >= 4 is 5.97 Å². The zero-order valence-corrected chi connectivity index (χ0v) is 10.2. The summed E-state index contributed by atoms with van der Waals surface area (Å²) >= 11 is 0. The van der Waals surface area contributed by atoms with Gasteiger partial charge in [-0.05, 0) is 38.1 Å². The molecule has 0 unspecified atom stereocenters. The third kappa shape index (κ3) is 4.44. The van der Waals surface area contributed by atoms with Gasteiger partial charge < -0.3 is 15.6 Å². The second-order valence-corrected chi connectivity index (χ2v) is 4.27. The van der Waals surface area contributed by atoms with Crippen LogP contribution in [-0.2, 0) is 4.79 Å². The number of carbonyl (C=O) groups is 1. The molecule has 0 heterocycles. The number of nitrogens with two attached hydrogens (primary N) is 1. The average Bonchev–Trinajstić information content (AvgIpc) is 2.26. The Morgan fingerprint density at radius 1 is 1.35 bits per heavy atom. The minimum Gasteiger partial charge on any atom is -0.491 e. The second kappa shape index (κ2) is 6.25. The van der Waals surface area contributed by atoms with E-state index in [2.05, 4.69) is 0 Å². The molecular weight excluding hydrogens is 218 g/mol. The maximum Gasteiger partial charge on any atom is 0.304 e. The highest BCUT2D eigenvalue weighted by Crippen LogP contribution is 2.22. The molecular formula is C13H19NO3. The van der Waals surface area contributed by atoms with E-state index >= 15 is 0 Å². The Balaban J connectivity index is 2.74. The lowest BCUT2D eigenvalue weighted by atomic mass is 9.96. The molecule has 0 aromatic heterocycles. The predicted molar refractivity (Wildman–Crippen MR) is 66.3 cm³/mol. The molecule has 0 aliphatic carbocycles. The van der Waals surface area contributed by atoms with Crippen LogP contribution in [0, 0.1) is 0 Å². The number of benzene rings is 1. The lowest BCUT2D eigenvalue weighted by molar-refractivity contribution is -0.137. The third-order valence-electron chi connectivity index (χ3n) is 2.43. The molecule has 0 aliphatic heterocycles. The van der Waals surface area contributed by atoms with Crippen LogP contribution in [0.5, 0.6) is 5.75 Å². The maximum atomic E-state index is 10.7. The summed E-state index contributed by atoms with van der Waals surface area (Å²) in [5.41, 5.74) is 6.51. The van der Waals surface area contributed by atoms with Gasteiger partial charge in [-0.25, -0.2) is 0 Å². The minimum absolute atomic E-state index is 0.0564. The first-order chi connectivity index (χ1) is 8.02. The summed E-state index contributed by atoms with van der Waals surface area (Å²) in [5, 5.41) is 8.77. The molecule has 1 atom stereocenters. The van der Waals surface area contributed by atoms with Crippen LogP contribution in [0.1, 0.15) is 31.7 Å². The molecule has 4 heteroatoms. The fraction of sp³-hybridized carbons (Fsp3) is 0.462. The lowest BCUT2D eigenvalue weighted by Gasteiger charge is -2.14. The average molecular weight is 237 g/mol. The number of hydrogen-bond donors (Lipinski definition) is 2. The summed E-state index contributed by atoms with van der Waals surface area (Å²) in [4.78, 5) is 10.7. The zero-order chi connectivity index (χ0) is 12.8. The molecule has 0 saturated carbocycles. The Bertz CT molecular complexity index is 359. The van der Waals surface area contributed by atoms with E-state index in [0.29, 0.717) is 6.54 Å². The first-order valence-corrected chi connectivity index (χ1v) is 5.71. The Labute approximate surface area is 101 Å². The van der Waals surface area contributed by atoms with Crippen LogP contribution >= 0.6 is 0 Å². The van der Waals surface area contributed by atoms with Crippen molar-refractivity contribution in [2.75, 3.05) is 6.54 Å². The van der Waals surface area contributed by atoms with E-state index in [1.807, 2.05) is 38.1 Å². The zero-order valence-electron chi connectivity index (χ0n) is 10.2. The van der Waals surface area contributed by atoms with Crippen molar-refractivity contribution in [3.63, 3.8) is 0 Å². The first-order valence-electron chi connectivity index (χ1n) is 5.71. The monoisotopic (exact) mass is 237 g/mol. The lowest BCUT2D eigenvalue weighted by Crippen LogP contribution is -2.16. The number of rotatable bonds is 6. The highest BCUT2D eigenvalue weighted by molar-refractivity contribution is 5.68. The van der Waals surface area contributed by atoms with Gasteiger partial charge in [0.05, 0.1) is 12.5 Å². The molecule has 0 aliphatic rings. The maximum absolute atomic E-state index is 10.7. The Kier molecular flexibility index (Phi) is 4.97. The molecule has 1 aromatic rings. The Hall–Kier alpha value is -1.55. The Morgan fingerprint density at radius 2 is 1.94 bits per heavy atom. The normalized spacial score (nSPS) is 12.5. The van der Waals surface area contributed by atoms with Crippen molar-refractivity contribution in [3.8, 4) is 5.75 Å². The molecule has 0 radical (unpaired) electrons. The molecule has 0 saturated heterocycles. The third-order valence-corrected chi connectivity index (χ3v) is 2.43. The number of ether oxygens (including phenoxy) is 1. The topological polar surface area (TPSA) is 72.5 Å². The fourth-order valence-corrected chi connectivity index (χ4v) is 1.64. The van der Waals surface area contributed by atoms with Crippen molar-refractivity contribution in [2.45, 2.75) is 32.3 Å². The van der Waals surface area contributed by atoms with Gasteiger partial charge in [-0.2, -0.15) is 0 Å². The van der Waals surface area contributed by atoms with E-state index in [4.69, 9.17) is 15.6 Å². The van der Waals surface area contributed by atoms with Gasteiger partial charge in [0, 0.05) is 5.92 Å². The van der Waals surface area contributed by atoms with Crippen molar-refractivity contribution in [2.24, 2.45) is 5.73 Å². The molecule has 4 nitrogen and oxygen atoms in total. The number of carboxylic acids is 1. The molecule has 0 fully saturated rings. The summed E-state index contributed by atoms with van der Waals surface area (Å²) in [6, 6.07) is 7.44. The second-order valence-electron chi connectivity index (χ2n) is 4.27. The number of carboxylic acid groups (broad SMARTS) is 1. The fourth-order valence-electron chi connectivity index (χ4n) is 1.64.